The van der Waals surface area contributed by atoms with E-state index < -0.39 is 6.10 Å². The molecule has 0 spiro atoms. The number of nitrogens with zero attached hydrogens (tertiary/aromatic N) is 6. The number of morpholine rings is 1. The molecule has 5 heterocycles. The van der Waals surface area contributed by atoms with Crippen molar-refractivity contribution in [2.45, 2.75) is 152 Å². The Balaban J connectivity index is 0.000000518. The highest BCUT2D eigenvalue weighted by Crippen LogP contribution is 2.03. The quantitative estimate of drug-likeness (QED) is 0.0240. The summed E-state index contributed by atoms with van der Waals surface area (Å²) < 4.78 is 42.2. The number of aliphatic hydroxyl groups is 1. The first kappa shape index (κ1) is 77.4. The van der Waals surface area contributed by atoms with E-state index in [1.54, 1.807) is 30.7 Å². The SMILES string of the molecule is CC(C)OCC(O)CNC(=O)c1ncc[nH]1.CC(C)OCCCNC(=O)c1ccccc1.CC(C)OCCCNC(=O)c1cnccn1.CC(C)OCCCNC(=O)c1ncco1.CC(C)OCCN1CCOCC1.CC(C)OCc1ccncc1. The van der Waals surface area contributed by atoms with Crippen LogP contribution in [0.5, 0.6) is 0 Å². The lowest BCUT2D eigenvalue weighted by atomic mass is 10.2. The average Bonchev–Trinajstić information content (AvgIpc) is 4.29. The predicted molar refractivity (Wildman–Crippen MR) is 330 cm³/mol. The Bertz CT molecular complexity index is 2300. The van der Waals surface area contributed by atoms with Crippen LogP contribution in [0.4, 0.5) is 0 Å². The van der Waals surface area contributed by atoms with Gasteiger partial charge in [-0.25, -0.2) is 15.0 Å². The smallest absolute Gasteiger partial charge is 0.307 e. The second-order valence-electron chi connectivity index (χ2n) is 20.7. The van der Waals surface area contributed by atoms with Crippen LogP contribution in [0, 0.1) is 0 Å². The molecule has 482 valence electrons. The van der Waals surface area contributed by atoms with Gasteiger partial charge in [-0.2, -0.15) is 0 Å². The van der Waals surface area contributed by atoms with Gasteiger partial charge in [-0.15, -0.1) is 0 Å². The van der Waals surface area contributed by atoms with Crippen LogP contribution < -0.4 is 21.3 Å². The van der Waals surface area contributed by atoms with Crippen molar-refractivity contribution in [1.29, 1.82) is 0 Å². The van der Waals surface area contributed by atoms with Crippen molar-refractivity contribution in [2.75, 3.05) is 92.1 Å². The first-order valence-corrected chi connectivity index (χ1v) is 29.7. The number of carbonyl (C=O) groups is 4. The van der Waals surface area contributed by atoms with Crippen LogP contribution in [0.25, 0.3) is 0 Å². The van der Waals surface area contributed by atoms with Gasteiger partial charge in [0.05, 0.1) is 88.2 Å². The molecular formula is C62H101N11O13. The van der Waals surface area contributed by atoms with Crippen LogP contribution in [-0.4, -0.2) is 198 Å². The first-order chi connectivity index (χ1) is 41.3. The Kier molecular flexibility index (Phi) is 45.5. The summed E-state index contributed by atoms with van der Waals surface area (Å²) >= 11 is 0. The number of nitrogens with one attached hydrogen (secondary N) is 5. The molecular weight excluding hydrogens is 1110 g/mol. The van der Waals surface area contributed by atoms with Crippen LogP contribution >= 0.6 is 0 Å². The average molecular weight is 1210 g/mol. The van der Waals surface area contributed by atoms with E-state index in [2.05, 4.69) is 69.9 Å². The monoisotopic (exact) mass is 1210 g/mol. The number of pyridine rings is 1. The van der Waals surface area contributed by atoms with Crippen molar-refractivity contribution in [1.82, 2.24) is 56.1 Å². The fraction of sp³-hybridized carbons (Fsp3) is 0.597. The van der Waals surface area contributed by atoms with Gasteiger partial charge in [-0.1, -0.05) is 18.2 Å². The van der Waals surface area contributed by atoms with E-state index in [1.165, 1.54) is 42.8 Å². The number of aromatic amines is 1. The van der Waals surface area contributed by atoms with Gasteiger partial charge in [0.15, 0.2) is 5.82 Å². The third kappa shape index (κ3) is 44.8. The molecule has 6 N–H and O–H groups in total. The lowest BCUT2D eigenvalue weighted by Crippen LogP contribution is -2.38. The maximum absolute atomic E-state index is 11.6. The van der Waals surface area contributed by atoms with Crippen LogP contribution in [0.1, 0.15) is 150 Å². The number of ether oxygens (including phenoxy) is 7. The molecule has 24 heteroatoms. The van der Waals surface area contributed by atoms with Crippen LogP contribution in [0.2, 0.25) is 0 Å². The number of carbonyl (C=O) groups excluding carboxylic acids is 4. The molecule has 1 aromatic carbocycles. The summed E-state index contributed by atoms with van der Waals surface area (Å²) in [4.78, 5) is 70.0. The third-order valence-corrected chi connectivity index (χ3v) is 10.8. The first-order valence-electron chi connectivity index (χ1n) is 29.7. The molecule has 1 aliphatic rings. The number of hydrogen-bond donors (Lipinski definition) is 6. The van der Waals surface area contributed by atoms with Gasteiger partial charge in [0.1, 0.15) is 12.0 Å². The Labute approximate surface area is 510 Å². The van der Waals surface area contributed by atoms with Crippen molar-refractivity contribution in [2.24, 2.45) is 0 Å². The van der Waals surface area contributed by atoms with E-state index in [0.29, 0.717) is 69.5 Å². The molecule has 4 amide bonds. The molecule has 1 fully saturated rings. The maximum Gasteiger partial charge on any atom is 0.307 e. The van der Waals surface area contributed by atoms with E-state index >= 15 is 0 Å². The lowest BCUT2D eigenvalue weighted by molar-refractivity contribution is 0.00659. The van der Waals surface area contributed by atoms with Gasteiger partial charge < -0.3 is 68.9 Å². The topological polar surface area (TPSA) is 298 Å². The van der Waals surface area contributed by atoms with Crippen molar-refractivity contribution < 1.29 is 61.9 Å². The number of oxazole rings is 1. The molecule has 0 radical (unpaired) electrons. The second-order valence-corrected chi connectivity index (χ2v) is 20.7. The van der Waals surface area contributed by atoms with Gasteiger partial charge in [-0.05, 0) is 132 Å². The third-order valence-electron chi connectivity index (χ3n) is 10.8. The molecule has 4 aromatic heterocycles. The van der Waals surface area contributed by atoms with E-state index in [-0.39, 0.29) is 72.9 Å². The number of amides is 4. The highest BCUT2D eigenvalue weighted by Gasteiger charge is 2.13. The molecule has 1 aliphatic heterocycles. The van der Waals surface area contributed by atoms with Gasteiger partial charge in [0, 0.05) is 108 Å². The van der Waals surface area contributed by atoms with Gasteiger partial charge >= 0.3 is 5.91 Å². The van der Waals surface area contributed by atoms with Gasteiger partial charge in [0.25, 0.3) is 23.6 Å². The summed E-state index contributed by atoms with van der Waals surface area (Å²) in [6.45, 7) is 34.5. The van der Waals surface area contributed by atoms with Crippen molar-refractivity contribution >= 4 is 23.6 Å². The minimum atomic E-state index is -0.707. The van der Waals surface area contributed by atoms with E-state index in [4.69, 9.17) is 37.6 Å². The summed E-state index contributed by atoms with van der Waals surface area (Å²) in [6.07, 6.45) is 17.0. The molecule has 0 bridgehead atoms. The zero-order valence-corrected chi connectivity index (χ0v) is 53.0. The molecule has 5 aromatic rings. The molecule has 1 atom stereocenters. The maximum atomic E-state index is 11.6. The summed E-state index contributed by atoms with van der Waals surface area (Å²) in [5.41, 5.74) is 2.22. The fourth-order valence-electron chi connectivity index (χ4n) is 6.42. The zero-order valence-electron chi connectivity index (χ0n) is 53.0. The van der Waals surface area contributed by atoms with Crippen LogP contribution in [0.3, 0.4) is 0 Å². The molecule has 24 nitrogen and oxygen atoms in total. The number of aromatic nitrogens is 6. The molecule has 1 saturated heterocycles. The second kappa shape index (κ2) is 50.5. The number of rotatable bonds is 31. The Hall–Kier alpha value is -6.61. The number of benzene rings is 1. The van der Waals surface area contributed by atoms with Crippen molar-refractivity contribution in [3.63, 3.8) is 0 Å². The molecule has 0 saturated carbocycles. The van der Waals surface area contributed by atoms with Crippen LogP contribution in [-0.2, 0) is 39.8 Å². The predicted octanol–water partition coefficient (Wildman–Crippen LogP) is 7.15. The normalized spacial score (nSPS) is 12.3. The van der Waals surface area contributed by atoms with Gasteiger partial charge in [-0.3, -0.25) is 34.0 Å². The highest BCUT2D eigenvalue weighted by molar-refractivity contribution is 5.94. The Morgan fingerprint density at radius 2 is 1.12 bits per heavy atom. The number of aliphatic hydroxyl groups excluding tert-OH is 1. The lowest BCUT2D eigenvalue weighted by Gasteiger charge is -2.26. The zero-order chi connectivity index (χ0) is 63.6. The van der Waals surface area contributed by atoms with E-state index in [9.17, 15) is 24.3 Å². The fourth-order valence-corrected chi connectivity index (χ4v) is 6.42. The van der Waals surface area contributed by atoms with Crippen molar-refractivity contribution in [3.05, 3.63) is 127 Å². The Morgan fingerprint density at radius 1 is 0.570 bits per heavy atom. The molecule has 86 heavy (non-hydrogen) atoms. The molecule has 0 aliphatic carbocycles. The van der Waals surface area contributed by atoms with E-state index in [1.807, 2.05) is 99.6 Å². The van der Waals surface area contributed by atoms with Crippen molar-refractivity contribution in [3.8, 4) is 0 Å². The standard InChI is InChI=1S/C13H19NO2.C11H17N3O2.C10H17N3O3.C10H16N2O3.C9H19NO2.C9H13NO/c1-11(2)16-10-6-9-14-13(15)12-7-4-3-5-8-12;1-9(2)16-7-3-4-14-11(15)10-8-12-5-6-13-10;1-7(2)16-6-8(14)5-13-10(15)9-11-3-4-12-9;1-8(2)14-6-3-4-11-9(13)10-12-5-7-15-10;1-9(2)12-8-5-10-3-6-11-7-4-10;1-8(2)11-7-9-3-5-10-6-4-9/h3-5,7-8,11H,6,9-10H2,1-2H3,(H,14,15);5-6,8-9H,3-4,7H2,1-2H3,(H,14,15);3-4,7-8,14H,5-6H2,1-2H3,(H,11,12)(H,13,15);5,7-8H,3-4,6H2,1-2H3,(H,11,13);9H,3-8H2,1-2H3;3-6,8H,7H2,1-2H3. The number of H-pyrrole nitrogens is 1. The minimum Gasteiger partial charge on any atom is -0.441 e. The Morgan fingerprint density at radius 3 is 1.62 bits per heavy atom. The highest BCUT2D eigenvalue weighted by atomic mass is 16.5. The van der Waals surface area contributed by atoms with Crippen LogP contribution in [0.15, 0.2) is 103 Å². The number of imidazole rings is 1. The number of hydrogen-bond acceptors (Lipinski definition) is 19. The molecule has 6 rings (SSSR count). The summed E-state index contributed by atoms with van der Waals surface area (Å²) in [5, 5.41) is 20.3. The minimum absolute atomic E-state index is 0.0230. The summed E-state index contributed by atoms with van der Waals surface area (Å²) in [5.74, 6) is -0.516. The van der Waals surface area contributed by atoms with E-state index in [0.717, 1.165) is 58.7 Å². The summed E-state index contributed by atoms with van der Waals surface area (Å²) in [7, 11) is 0. The largest absolute Gasteiger partial charge is 0.441 e. The molecule has 1 unspecified atom stereocenters. The van der Waals surface area contributed by atoms with Gasteiger partial charge in [0.2, 0.25) is 0 Å². The summed E-state index contributed by atoms with van der Waals surface area (Å²) in [6, 6.07) is 13.1.